The van der Waals surface area contributed by atoms with E-state index < -0.39 is 52.5 Å². The van der Waals surface area contributed by atoms with Crippen LogP contribution in [-0.2, 0) is 9.59 Å². The summed E-state index contributed by atoms with van der Waals surface area (Å²) in [6.07, 6.45) is 5.23. The molecule has 0 saturated heterocycles. The van der Waals surface area contributed by atoms with E-state index in [0.717, 1.165) is 24.3 Å². The Morgan fingerprint density at radius 3 is 2.45 bits per heavy atom. The maximum Gasteiger partial charge on any atom is 0.328 e. The number of benzene rings is 2. The molecule has 5 rings (SSSR count). The highest BCUT2D eigenvalue weighted by molar-refractivity contribution is 5.98. The molecule has 1 fully saturated rings. The van der Waals surface area contributed by atoms with E-state index in [9.17, 15) is 27.2 Å². The predicted molar refractivity (Wildman–Crippen MR) is 138 cm³/mol. The number of carbonyl (C=O) groups excluding carboxylic acids is 1. The number of nitrogens with one attached hydrogen (secondary N) is 1. The zero-order chi connectivity index (χ0) is 30.1. The fourth-order valence-corrected chi connectivity index (χ4v) is 4.86. The number of nitrogen functional groups attached to an aromatic ring is 1. The van der Waals surface area contributed by atoms with E-state index in [4.69, 9.17) is 15.6 Å². The summed E-state index contributed by atoms with van der Waals surface area (Å²) in [6, 6.07) is 2.48. The van der Waals surface area contributed by atoms with Crippen LogP contribution in [0.2, 0.25) is 0 Å². The summed E-state index contributed by atoms with van der Waals surface area (Å²) < 4.78 is 77.1. The van der Waals surface area contributed by atoms with Gasteiger partial charge in [-0.05, 0) is 37.8 Å². The molecule has 2 aromatic carbocycles. The average molecular weight is 588 g/mol. The molecule has 1 saturated carbocycles. The third-order valence-electron chi connectivity index (χ3n) is 6.72. The first-order valence-corrected chi connectivity index (χ1v) is 12.5. The Bertz CT molecular complexity index is 1720. The number of fused-ring (bicyclic) bond motifs is 1. The molecule has 0 aliphatic heterocycles. The van der Waals surface area contributed by atoms with Gasteiger partial charge < -0.3 is 20.9 Å². The van der Waals surface area contributed by atoms with Gasteiger partial charge >= 0.3 is 5.97 Å². The van der Waals surface area contributed by atoms with Gasteiger partial charge in [0.15, 0.2) is 17.3 Å². The monoisotopic (exact) mass is 588 g/mol. The Labute approximate surface area is 233 Å². The lowest BCUT2D eigenvalue weighted by Crippen LogP contribution is -2.38. The Balaban J connectivity index is 1.47. The maximum atomic E-state index is 15.4. The first kappa shape index (κ1) is 28.4. The van der Waals surface area contributed by atoms with Crippen molar-refractivity contribution in [3.8, 4) is 22.8 Å². The first-order valence-electron chi connectivity index (χ1n) is 12.5. The normalized spacial score (nSPS) is 17.1. The van der Waals surface area contributed by atoms with Crippen molar-refractivity contribution in [2.75, 3.05) is 5.73 Å². The Morgan fingerprint density at radius 1 is 1.02 bits per heavy atom. The molecule has 15 heteroatoms. The van der Waals surface area contributed by atoms with Gasteiger partial charge in [-0.3, -0.25) is 4.79 Å². The molecule has 2 atom stereocenters. The minimum absolute atomic E-state index is 0.000162. The van der Waals surface area contributed by atoms with Gasteiger partial charge in [0.1, 0.15) is 29.4 Å². The van der Waals surface area contributed by atoms with Crippen LogP contribution >= 0.6 is 0 Å². The van der Waals surface area contributed by atoms with E-state index in [1.165, 1.54) is 12.4 Å². The summed E-state index contributed by atoms with van der Waals surface area (Å²) in [7, 11) is 0. The van der Waals surface area contributed by atoms with Crippen molar-refractivity contribution in [2.45, 2.75) is 37.8 Å². The van der Waals surface area contributed by atoms with Crippen molar-refractivity contribution in [2.24, 2.45) is 0 Å². The third kappa shape index (κ3) is 5.57. The van der Waals surface area contributed by atoms with E-state index in [0.29, 0.717) is 31.3 Å². The number of anilines is 1. The van der Waals surface area contributed by atoms with Gasteiger partial charge in [0.05, 0.1) is 11.4 Å². The van der Waals surface area contributed by atoms with Crippen LogP contribution in [0.25, 0.3) is 22.3 Å². The van der Waals surface area contributed by atoms with Gasteiger partial charge in [-0.25, -0.2) is 32.6 Å². The zero-order valence-electron chi connectivity index (χ0n) is 21.5. The lowest BCUT2D eigenvalue weighted by molar-refractivity contribution is -0.131. The number of ether oxygens (including phenoxy) is 1. The predicted octanol–water partition coefficient (Wildman–Crippen LogP) is 4.80. The Morgan fingerprint density at radius 2 is 1.76 bits per heavy atom. The third-order valence-corrected chi connectivity index (χ3v) is 6.72. The number of carboxylic acid groups (broad SMARTS) is 1. The summed E-state index contributed by atoms with van der Waals surface area (Å²) in [5.74, 6) is -11.5. The summed E-state index contributed by atoms with van der Waals surface area (Å²) in [4.78, 5) is 31.1. The van der Waals surface area contributed by atoms with Crippen LogP contribution in [0.4, 0.5) is 27.8 Å². The van der Waals surface area contributed by atoms with Crippen LogP contribution in [0, 0.1) is 29.1 Å². The van der Waals surface area contributed by atoms with Crippen molar-refractivity contribution in [3.63, 3.8) is 0 Å². The van der Waals surface area contributed by atoms with Crippen molar-refractivity contribution < 1.29 is 41.4 Å². The molecule has 2 aromatic heterocycles. The summed E-state index contributed by atoms with van der Waals surface area (Å²) in [5.41, 5.74) is 6.36. The van der Waals surface area contributed by atoms with Crippen LogP contribution < -0.4 is 15.8 Å². The molecule has 218 valence electrons. The quantitative estimate of drug-likeness (QED) is 0.159. The number of amides is 1. The van der Waals surface area contributed by atoms with Crippen molar-refractivity contribution in [1.82, 2.24) is 25.1 Å². The molecule has 0 bridgehead atoms. The van der Waals surface area contributed by atoms with Crippen molar-refractivity contribution in [1.29, 1.82) is 0 Å². The lowest BCUT2D eigenvalue weighted by Gasteiger charge is -2.29. The number of aromatic nitrogens is 4. The fraction of sp³-hybridized carbons (Fsp3) is 0.222. The molecule has 1 amide bonds. The highest BCUT2D eigenvalue weighted by Gasteiger charge is 2.29. The summed E-state index contributed by atoms with van der Waals surface area (Å²) in [5, 5.41) is 16.3. The van der Waals surface area contributed by atoms with Gasteiger partial charge in [-0.2, -0.15) is 13.9 Å². The maximum absolute atomic E-state index is 15.4. The molecule has 42 heavy (non-hydrogen) atoms. The SMILES string of the molecule is Nc1ncnc2c1c(-c1ccc(Oc3c(F)c(F)cc(F)c3F)cc1F)nn2C1CCCC(NC(=O)/C=C/C(=O)O)C1. The summed E-state index contributed by atoms with van der Waals surface area (Å²) >= 11 is 0. The Kier molecular flexibility index (Phi) is 7.74. The van der Waals surface area contributed by atoms with Gasteiger partial charge in [-0.15, -0.1) is 0 Å². The average Bonchev–Trinajstić information content (AvgIpc) is 3.34. The molecular formula is C27H21F5N6O4. The number of rotatable bonds is 7. The second kappa shape index (κ2) is 11.4. The molecule has 4 N–H and O–H groups in total. The van der Waals surface area contributed by atoms with Crippen LogP contribution in [0.1, 0.15) is 31.7 Å². The second-order valence-corrected chi connectivity index (χ2v) is 9.49. The van der Waals surface area contributed by atoms with E-state index >= 15 is 4.39 Å². The van der Waals surface area contributed by atoms with E-state index in [2.05, 4.69) is 20.4 Å². The largest absolute Gasteiger partial charge is 0.478 e. The number of carbonyl (C=O) groups is 2. The molecule has 0 spiro atoms. The number of hydrogen-bond donors (Lipinski definition) is 3. The number of aliphatic carboxylic acids is 1. The van der Waals surface area contributed by atoms with Gasteiger partial charge in [0.2, 0.25) is 23.3 Å². The standard InChI is InChI=1S/C27H21F5N6O4/c28-16-9-14(42-25-22(31)17(29)10-18(30)23(25)32)4-5-15(16)24-21-26(33)34-11-35-27(21)38(37-24)13-3-1-2-12(8-13)36-19(39)6-7-20(40)41/h4-7,9-13H,1-3,8H2,(H,36,39)(H,40,41)(H2,33,34,35)/b7-6+. The molecule has 2 unspecified atom stereocenters. The van der Waals surface area contributed by atoms with Gasteiger partial charge in [0.25, 0.3) is 0 Å². The minimum Gasteiger partial charge on any atom is -0.478 e. The van der Waals surface area contributed by atoms with E-state index in [1.54, 1.807) is 4.68 Å². The van der Waals surface area contributed by atoms with E-state index in [1.807, 2.05) is 0 Å². The zero-order valence-corrected chi connectivity index (χ0v) is 21.5. The number of nitrogens with two attached hydrogens (primary N) is 1. The Hall–Kier alpha value is -5.08. The number of nitrogens with zero attached hydrogens (tertiary/aromatic N) is 4. The molecular weight excluding hydrogens is 567 g/mol. The number of halogens is 5. The van der Waals surface area contributed by atoms with E-state index in [-0.39, 0.29) is 40.6 Å². The molecule has 10 nitrogen and oxygen atoms in total. The fourth-order valence-electron chi connectivity index (χ4n) is 4.86. The number of hydrogen-bond acceptors (Lipinski definition) is 7. The van der Waals surface area contributed by atoms with Crippen molar-refractivity contribution in [3.05, 3.63) is 71.8 Å². The van der Waals surface area contributed by atoms with Crippen LogP contribution in [0.3, 0.4) is 0 Å². The molecule has 2 heterocycles. The smallest absolute Gasteiger partial charge is 0.328 e. The molecule has 4 aromatic rings. The first-order chi connectivity index (χ1) is 20.0. The molecule has 0 radical (unpaired) electrons. The number of carboxylic acids is 1. The lowest BCUT2D eigenvalue weighted by atomic mass is 9.91. The van der Waals surface area contributed by atoms with Gasteiger partial charge in [0, 0.05) is 35.9 Å². The van der Waals surface area contributed by atoms with Gasteiger partial charge in [-0.1, -0.05) is 0 Å². The van der Waals surface area contributed by atoms with Crippen LogP contribution in [0.15, 0.2) is 42.7 Å². The summed E-state index contributed by atoms with van der Waals surface area (Å²) in [6.45, 7) is 0. The second-order valence-electron chi connectivity index (χ2n) is 9.49. The highest BCUT2D eigenvalue weighted by Crippen LogP contribution is 2.38. The molecule has 1 aliphatic rings. The molecule has 1 aliphatic carbocycles. The van der Waals surface area contributed by atoms with Crippen LogP contribution in [-0.4, -0.2) is 42.8 Å². The minimum atomic E-state index is -1.78. The highest BCUT2D eigenvalue weighted by atomic mass is 19.2. The van der Waals surface area contributed by atoms with Crippen molar-refractivity contribution >= 4 is 28.7 Å². The topological polar surface area (TPSA) is 145 Å². The van der Waals surface area contributed by atoms with Crippen LogP contribution in [0.5, 0.6) is 11.5 Å².